The van der Waals surface area contributed by atoms with Crippen molar-refractivity contribution in [2.45, 2.75) is 31.9 Å². The van der Waals surface area contributed by atoms with Gasteiger partial charge in [-0.3, -0.25) is 10.0 Å². The van der Waals surface area contributed by atoms with Crippen LogP contribution < -0.4 is 5.48 Å². The number of hydroxylamine groups is 1. The van der Waals surface area contributed by atoms with E-state index in [0.29, 0.717) is 11.5 Å². The number of fused-ring (bicyclic) bond motifs is 1. The summed E-state index contributed by atoms with van der Waals surface area (Å²) in [6.07, 6.45) is 2.76. The fourth-order valence-electron chi connectivity index (χ4n) is 3.18. The van der Waals surface area contributed by atoms with Gasteiger partial charge in [-0.15, -0.1) is 0 Å². The van der Waals surface area contributed by atoms with Gasteiger partial charge in [0.25, 0.3) is 5.91 Å². The van der Waals surface area contributed by atoms with Crippen molar-refractivity contribution in [3.8, 4) is 0 Å². The second-order valence-corrected chi connectivity index (χ2v) is 5.74. The van der Waals surface area contributed by atoms with Crippen molar-refractivity contribution >= 4 is 5.91 Å². The maximum absolute atomic E-state index is 12.8. The molecular formula is C18H18FNO2. The van der Waals surface area contributed by atoms with Crippen LogP contribution in [0.2, 0.25) is 0 Å². The van der Waals surface area contributed by atoms with E-state index in [1.54, 1.807) is 17.6 Å². The molecule has 0 fully saturated rings. The fourth-order valence-corrected chi connectivity index (χ4v) is 3.18. The first-order chi connectivity index (χ1) is 10.7. The van der Waals surface area contributed by atoms with E-state index >= 15 is 0 Å². The molecular weight excluding hydrogens is 281 g/mol. The third-order valence-corrected chi connectivity index (χ3v) is 4.38. The quantitative estimate of drug-likeness (QED) is 0.672. The topological polar surface area (TPSA) is 49.3 Å². The van der Waals surface area contributed by atoms with Gasteiger partial charge in [-0.2, -0.15) is 0 Å². The first-order valence-electron chi connectivity index (χ1n) is 7.42. The lowest BCUT2D eigenvalue weighted by atomic mass is 9.79. The molecule has 0 saturated carbocycles. The normalized spacial score (nSPS) is 16.9. The molecule has 0 aliphatic heterocycles. The summed E-state index contributed by atoms with van der Waals surface area (Å²) in [5.41, 5.74) is 6.40. The van der Waals surface area contributed by atoms with Crippen LogP contribution in [0.4, 0.5) is 4.39 Å². The summed E-state index contributed by atoms with van der Waals surface area (Å²) < 4.78 is 12.8. The van der Waals surface area contributed by atoms with Crippen LogP contribution >= 0.6 is 0 Å². The Morgan fingerprint density at radius 1 is 1.23 bits per heavy atom. The van der Waals surface area contributed by atoms with Crippen molar-refractivity contribution < 1.29 is 14.4 Å². The molecule has 0 saturated heterocycles. The Balaban J connectivity index is 1.83. The van der Waals surface area contributed by atoms with E-state index in [0.717, 1.165) is 30.4 Å². The van der Waals surface area contributed by atoms with Crippen LogP contribution in [0.5, 0.6) is 0 Å². The minimum Gasteiger partial charge on any atom is -0.288 e. The molecule has 0 bridgehead atoms. The summed E-state index contributed by atoms with van der Waals surface area (Å²) in [6, 6.07) is 13.2. The van der Waals surface area contributed by atoms with Gasteiger partial charge in [0.1, 0.15) is 6.67 Å². The summed E-state index contributed by atoms with van der Waals surface area (Å²) in [4.78, 5) is 11.5. The highest BCUT2D eigenvalue weighted by atomic mass is 19.1. The number of aryl methyl sites for hydroxylation is 1. The van der Waals surface area contributed by atoms with Crippen molar-refractivity contribution in [3.05, 3.63) is 70.3 Å². The maximum atomic E-state index is 12.8. The molecule has 1 aliphatic rings. The van der Waals surface area contributed by atoms with Gasteiger partial charge in [0.2, 0.25) is 0 Å². The molecule has 0 spiro atoms. The van der Waals surface area contributed by atoms with E-state index < -0.39 is 12.6 Å². The lowest BCUT2D eigenvalue weighted by molar-refractivity contribution is 0.0706. The number of alkyl halides is 1. The van der Waals surface area contributed by atoms with Gasteiger partial charge in [-0.25, -0.2) is 9.87 Å². The monoisotopic (exact) mass is 299 g/mol. The number of rotatable bonds is 3. The molecule has 2 N–H and O–H groups in total. The molecule has 114 valence electrons. The molecule has 0 aromatic heterocycles. The van der Waals surface area contributed by atoms with Crippen LogP contribution in [0.15, 0.2) is 42.5 Å². The SMILES string of the molecule is O=C(NO)c1ccc2c(c1)CCC(c1cccc(CF)c1)C2. The standard InChI is InChI=1S/C18H18FNO2/c19-11-12-2-1-3-13(8-12)14-4-5-16-10-17(18(21)20-22)7-6-15(16)9-14/h1-3,6-8,10,14,22H,4-5,9,11H2,(H,20,21). The van der Waals surface area contributed by atoms with Gasteiger partial charge >= 0.3 is 0 Å². The molecule has 22 heavy (non-hydrogen) atoms. The predicted molar refractivity (Wildman–Crippen MR) is 81.7 cm³/mol. The molecule has 0 radical (unpaired) electrons. The van der Waals surface area contributed by atoms with Gasteiger partial charge in [-0.1, -0.05) is 30.3 Å². The highest BCUT2D eigenvalue weighted by molar-refractivity contribution is 5.93. The number of carbonyl (C=O) groups excluding carboxylic acids is 1. The van der Waals surface area contributed by atoms with Gasteiger partial charge in [-0.05, 0) is 59.6 Å². The van der Waals surface area contributed by atoms with Crippen molar-refractivity contribution in [2.75, 3.05) is 0 Å². The van der Waals surface area contributed by atoms with Crippen molar-refractivity contribution in [2.24, 2.45) is 0 Å². The van der Waals surface area contributed by atoms with Crippen LogP contribution in [0, 0.1) is 0 Å². The molecule has 0 heterocycles. The van der Waals surface area contributed by atoms with Crippen molar-refractivity contribution in [1.82, 2.24) is 5.48 Å². The minimum absolute atomic E-state index is 0.386. The average Bonchev–Trinajstić information content (AvgIpc) is 2.60. The lowest BCUT2D eigenvalue weighted by Gasteiger charge is -2.25. The molecule has 1 unspecified atom stereocenters. The second-order valence-electron chi connectivity index (χ2n) is 5.74. The smallest absolute Gasteiger partial charge is 0.274 e. The largest absolute Gasteiger partial charge is 0.288 e. The number of hydrogen-bond acceptors (Lipinski definition) is 2. The predicted octanol–water partition coefficient (Wildman–Crippen LogP) is 3.55. The summed E-state index contributed by atoms with van der Waals surface area (Å²) in [6.45, 7) is -0.434. The Kier molecular flexibility index (Phi) is 4.20. The van der Waals surface area contributed by atoms with E-state index in [1.807, 2.05) is 24.3 Å². The van der Waals surface area contributed by atoms with Crippen molar-refractivity contribution in [1.29, 1.82) is 0 Å². The van der Waals surface area contributed by atoms with E-state index in [4.69, 9.17) is 5.21 Å². The zero-order chi connectivity index (χ0) is 15.5. The molecule has 2 aromatic carbocycles. The molecule has 1 amide bonds. The number of hydrogen-bond donors (Lipinski definition) is 2. The highest BCUT2D eigenvalue weighted by Crippen LogP contribution is 2.33. The maximum Gasteiger partial charge on any atom is 0.274 e. The van der Waals surface area contributed by atoms with Crippen LogP contribution in [-0.2, 0) is 19.5 Å². The number of nitrogens with one attached hydrogen (secondary N) is 1. The summed E-state index contributed by atoms with van der Waals surface area (Å²) in [7, 11) is 0. The lowest BCUT2D eigenvalue weighted by Crippen LogP contribution is -2.20. The molecule has 1 atom stereocenters. The first-order valence-corrected chi connectivity index (χ1v) is 7.42. The Labute approximate surface area is 128 Å². The number of benzene rings is 2. The highest BCUT2D eigenvalue weighted by Gasteiger charge is 2.21. The summed E-state index contributed by atoms with van der Waals surface area (Å²) in [5.74, 6) is -0.0999. The average molecular weight is 299 g/mol. The Morgan fingerprint density at radius 2 is 2.09 bits per heavy atom. The van der Waals surface area contributed by atoms with Crippen LogP contribution in [0.3, 0.4) is 0 Å². The Morgan fingerprint density at radius 3 is 2.86 bits per heavy atom. The Bertz CT molecular complexity index is 699. The van der Waals surface area contributed by atoms with Gasteiger partial charge in [0.15, 0.2) is 0 Å². The molecule has 3 nitrogen and oxygen atoms in total. The third kappa shape index (κ3) is 2.88. The Hall–Kier alpha value is -2.20. The fraction of sp³-hybridized carbons (Fsp3) is 0.278. The van der Waals surface area contributed by atoms with E-state index in [2.05, 4.69) is 6.07 Å². The number of halogens is 1. The summed E-state index contributed by atoms with van der Waals surface area (Å²) >= 11 is 0. The summed E-state index contributed by atoms with van der Waals surface area (Å²) in [5, 5.41) is 8.70. The third-order valence-electron chi connectivity index (χ3n) is 4.38. The minimum atomic E-state index is -0.486. The van der Waals surface area contributed by atoms with Crippen molar-refractivity contribution in [3.63, 3.8) is 0 Å². The van der Waals surface area contributed by atoms with E-state index in [9.17, 15) is 9.18 Å². The molecule has 3 rings (SSSR count). The van der Waals surface area contributed by atoms with Gasteiger partial charge < -0.3 is 0 Å². The molecule has 1 aliphatic carbocycles. The van der Waals surface area contributed by atoms with Gasteiger partial charge in [0.05, 0.1) is 0 Å². The van der Waals surface area contributed by atoms with Crippen LogP contribution in [0.25, 0.3) is 0 Å². The number of carbonyl (C=O) groups is 1. The second kappa shape index (κ2) is 6.28. The number of amides is 1. The zero-order valence-electron chi connectivity index (χ0n) is 12.2. The molecule has 2 aromatic rings. The van der Waals surface area contributed by atoms with E-state index in [1.165, 1.54) is 11.1 Å². The van der Waals surface area contributed by atoms with E-state index in [-0.39, 0.29) is 0 Å². The first kappa shape index (κ1) is 14.7. The van der Waals surface area contributed by atoms with Gasteiger partial charge in [0, 0.05) is 5.56 Å². The molecule has 4 heteroatoms. The van der Waals surface area contributed by atoms with Crippen LogP contribution in [-0.4, -0.2) is 11.1 Å². The van der Waals surface area contributed by atoms with Crippen LogP contribution in [0.1, 0.15) is 45.0 Å². The zero-order valence-corrected chi connectivity index (χ0v) is 12.2.